The monoisotopic (exact) mass is 1080 g/mol. The molecule has 14 N–H and O–H groups in total. The van der Waals surface area contributed by atoms with Crippen LogP contribution in [0.3, 0.4) is 0 Å². The van der Waals surface area contributed by atoms with Gasteiger partial charge in [-0.25, -0.2) is 0 Å². The van der Waals surface area contributed by atoms with E-state index in [-0.39, 0.29) is 22.9 Å². The summed E-state index contributed by atoms with van der Waals surface area (Å²) < 4.78 is 61.2. The van der Waals surface area contributed by atoms with Crippen LogP contribution in [0.1, 0.15) is 85.5 Å². The Morgan fingerprint density at radius 2 is 1.04 bits per heavy atom. The molecular formula is C51H84O24. The minimum absolute atomic E-state index is 0.121. The number of aliphatic hydroxyl groups excluding tert-OH is 14. The average molecular weight is 1080 g/mol. The number of aliphatic hydroxyl groups is 14. The SMILES string of the molecule is C[C@@H]1CC[C@@]2(OC1)O[C@H]1C[C@@H]3[C@@H]4CC[C@H]5C[C@@H](O[C@@H]6O[C@H](CO)[C@H](O[C@@H]7O[C@H](CO)[C@@H](O)[C@H](O[C@@H]8O[C@H](CO)[C@@H](O)[C@H](O)[C@H]8O)[C@H]7O[C@@H]7O[C@H](CO)[C@@H](O)[C@H](O)[C@H]7O)[C@H](O)[C@H]6O)[C@H](O)C[C@]5(C)[C@H]4CC[C@]3(C)[C@H]1[C@@H]2C. The van der Waals surface area contributed by atoms with Crippen molar-refractivity contribution in [2.45, 2.75) is 232 Å². The first-order valence-corrected chi connectivity index (χ1v) is 27.4. The molecule has 432 valence electrons. The normalized spacial score (nSPS) is 58.0. The molecule has 0 amide bonds. The van der Waals surface area contributed by atoms with E-state index in [0.29, 0.717) is 48.3 Å². The highest BCUT2D eigenvalue weighted by molar-refractivity contribution is 5.16. The first-order chi connectivity index (χ1) is 35.6. The summed E-state index contributed by atoms with van der Waals surface area (Å²) in [6.45, 7) is 6.57. The fourth-order valence-electron chi connectivity index (χ4n) is 16.2. The van der Waals surface area contributed by atoms with Crippen LogP contribution >= 0.6 is 0 Å². The van der Waals surface area contributed by atoms with Gasteiger partial charge in [-0.05, 0) is 97.7 Å². The van der Waals surface area contributed by atoms with E-state index in [4.69, 9.17) is 47.4 Å². The summed E-state index contributed by atoms with van der Waals surface area (Å²) >= 11 is 0. The lowest BCUT2D eigenvalue weighted by Crippen LogP contribution is -2.69. The van der Waals surface area contributed by atoms with E-state index in [0.717, 1.165) is 51.6 Å². The van der Waals surface area contributed by atoms with Crippen LogP contribution in [0.2, 0.25) is 0 Å². The van der Waals surface area contributed by atoms with Crippen LogP contribution in [0.5, 0.6) is 0 Å². The maximum Gasteiger partial charge on any atom is 0.187 e. The third-order valence-corrected chi connectivity index (χ3v) is 20.4. The summed E-state index contributed by atoms with van der Waals surface area (Å²) in [7, 11) is 0. The van der Waals surface area contributed by atoms with Gasteiger partial charge in [-0.15, -0.1) is 0 Å². The number of hydrogen-bond acceptors (Lipinski definition) is 24. The van der Waals surface area contributed by atoms with Crippen LogP contribution in [0.15, 0.2) is 0 Å². The quantitative estimate of drug-likeness (QED) is 0.0830. The Hall–Kier alpha value is -0.960. The number of hydrogen-bond donors (Lipinski definition) is 14. The van der Waals surface area contributed by atoms with Crippen LogP contribution in [0.4, 0.5) is 0 Å². The highest BCUT2D eigenvalue weighted by Crippen LogP contribution is 2.71. The van der Waals surface area contributed by atoms with E-state index in [9.17, 15) is 71.5 Å². The van der Waals surface area contributed by atoms with Gasteiger partial charge in [0.25, 0.3) is 0 Å². The molecule has 10 fully saturated rings. The number of fused-ring (bicyclic) bond motifs is 7. The standard InChI is InChI=1S/C51H84O24/c1-19-7-10-51(66-18-19)20(2)32-27(75-51)12-24-22-6-5-21-11-26(25(56)13-50(21,4)23(22)8-9-49(24,32)3)67-45-41(65)38(62)42(31(17-55)71-45)72-48-44(74-47-40(64)37(61)34(58)29(15-53)69-47)43(35(59)30(16-54)70-48)73-46-39(63)36(60)33(57)28(14-52)68-46/h19-48,52-65H,5-18H2,1-4H3/t19-,20+,21+,22-,23+,24-,25-,26-,27+,28-,29-,30-,31-,32+,33-,34-,35-,36+,37+,38-,39-,40-,41-,42+,43+,44-,45-,46+,47+,48+,49+,50+,51-/m1/s1. The first-order valence-electron chi connectivity index (χ1n) is 27.4. The molecule has 33 atom stereocenters. The summed E-state index contributed by atoms with van der Waals surface area (Å²) in [5.74, 6) is 2.26. The summed E-state index contributed by atoms with van der Waals surface area (Å²) in [6, 6.07) is 0. The van der Waals surface area contributed by atoms with Gasteiger partial charge in [0.05, 0.1) is 51.3 Å². The molecule has 10 aliphatic rings. The number of rotatable bonds is 12. The Balaban J connectivity index is 0.831. The molecule has 0 aromatic rings. The molecule has 0 bridgehead atoms. The highest BCUT2D eigenvalue weighted by Gasteiger charge is 2.70. The van der Waals surface area contributed by atoms with Gasteiger partial charge >= 0.3 is 0 Å². The van der Waals surface area contributed by atoms with Crippen LogP contribution in [-0.2, 0) is 47.4 Å². The van der Waals surface area contributed by atoms with Crippen LogP contribution in [-0.4, -0.2) is 251 Å². The van der Waals surface area contributed by atoms with E-state index < -0.39 is 167 Å². The van der Waals surface area contributed by atoms with Crippen molar-refractivity contribution in [2.24, 2.45) is 52.3 Å². The maximum absolute atomic E-state index is 12.0. The molecule has 24 nitrogen and oxygen atoms in total. The third kappa shape index (κ3) is 9.79. The van der Waals surface area contributed by atoms with Crippen LogP contribution in [0.25, 0.3) is 0 Å². The predicted molar refractivity (Wildman–Crippen MR) is 250 cm³/mol. The van der Waals surface area contributed by atoms with Gasteiger partial charge in [0.1, 0.15) is 97.7 Å². The molecule has 4 aliphatic carbocycles. The summed E-state index contributed by atoms with van der Waals surface area (Å²) in [6.07, 6.45) is -30.3. The average Bonchev–Trinajstić information content (AvgIpc) is 3.84. The third-order valence-electron chi connectivity index (χ3n) is 20.4. The Morgan fingerprint density at radius 1 is 0.493 bits per heavy atom. The molecule has 4 saturated carbocycles. The lowest BCUT2D eigenvalue weighted by Gasteiger charge is -2.62. The second-order valence-electron chi connectivity index (χ2n) is 24.5. The van der Waals surface area contributed by atoms with Crippen LogP contribution < -0.4 is 0 Å². The van der Waals surface area contributed by atoms with Crippen molar-refractivity contribution >= 4 is 0 Å². The molecule has 0 aromatic carbocycles. The Labute approximate surface area is 435 Å². The molecule has 0 unspecified atom stereocenters. The molecule has 0 aromatic heterocycles. The fourth-order valence-corrected chi connectivity index (χ4v) is 16.2. The summed E-state index contributed by atoms with van der Waals surface area (Å²) in [5.41, 5.74) is -0.0790. The lowest BCUT2D eigenvalue weighted by molar-refractivity contribution is -0.407. The van der Waals surface area contributed by atoms with E-state index >= 15 is 0 Å². The van der Waals surface area contributed by atoms with Crippen molar-refractivity contribution in [2.75, 3.05) is 33.0 Å². The Bertz CT molecular complexity index is 1910. The van der Waals surface area contributed by atoms with Crippen molar-refractivity contribution in [3.8, 4) is 0 Å². The minimum Gasteiger partial charge on any atom is -0.394 e. The topological polar surface area (TPSA) is 376 Å². The lowest BCUT2D eigenvalue weighted by atomic mass is 9.44. The predicted octanol–water partition coefficient (Wildman–Crippen LogP) is -3.94. The molecule has 75 heavy (non-hydrogen) atoms. The van der Waals surface area contributed by atoms with Gasteiger partial charge in [0, 0.05) is 12.3 Å². The van der Waals surface area contributed by atoms with Crippen molar-refractivity contribution in [1.29, 1.82) is 0 Å². The van der Waals surface area contributed by atoms with E-state index in [1.807, 2.05) is 0 Å². The largest absolute Gasteiger partial charge is 0.394 e. The molecule has 0 radical (unpaired) electrons. The Kier molecular flexibility index (Phi) is 16.9. The molecule has 6 heterocycles. The van der Waals surface area contributed by atoms with Gasteiger partial charge in [-0.1, -0.05) is 27.7 Å². The fraction of sp³-hybridized carbons (Fsp3) is 1.00. The molecular weight excluding hydrogens is 997 g/mol. The molecule has 6 saturated heterocycles. The van der Waals surface area contributed by atoms with E-state index in [1.54, 1.807) is 0 Å². The van der Waals surface area contributed by atoms with E-state index in [2.05, 4.69) is 27.7 Å². The molecule has 10 rings (SSSR count). The second kappa shape index (κ2) is 22.1. The van der Waals surface area contributed by atoms with Gasteiger partial charge in [-0.2, -0.15) is 0 Å². The highest BCUT2D eigenvalue weighted by atomic mass is 16.8. The van der Waals surface area contributed by atoms with Crippen molar-refractivity contribution in [1.82, 2.24) is 0 Å². The first kappa shape index (κ1) is 57.3. The van der Waals surface area contributed by atoms with Gasteiger partial charge in [0.15, 0.2) is 30.9 Å². The smallest absolute Gasteiger partial charge is 0.187 e. The molecule has 1 spiro atoms. The summed E-state index contributed by atoms with van der Waals surface area (Å²) in [5, 5.41) is 152. The second-order valence-corrected chi connectivity index (χ2v) is 24.5. The Morgan fingerprint density at radius 3 is 1.64 bits per heavy atom. The van der Waals surface area contributed by atoms with Gasteiger partial charge < -0.3 is 119 Å². The van der Waals surface area contributed by atoms with E-state index in [1.165, 1.54) is 0 Å². The van der Waals surface area contributed by atoms with Crippen LogP contribution in [0, 0.1) is 52.3 Å². The number of ether oxygens (including phenoxy) is 10. The van der Waals surface area contributed by atoms with Crippen molar-refractivity contribution in [3.05, 3.63) is 0 Å². The van der Waals surface area contributed by atoms with Crippen molar-refractivity contribution < 1.29 is 119 Å². The zero-order valence-electron chi connectivity index (χ0n) is 43.1. The molecule has 24 heteroatoms. The van der Waals surface area contributed by atoms with Gasteiger partial charge in [-0.3, -0.25) is 0 Å². The van der Waals surface area contributed by atoms with Gasteiger partial charge in [0.2, 0.25) is 0 Å². The minimum atomic E-state index is -2.06. The zero-order chi connectivity index (χ0) is 53.8. The molecule has 6 aliphatic heterocycles. The zero-order valence-corrected chi connectivity index (χ0v) is 43.1. The maximum atomic E-state index is 12.0. The van der Waals surface area contributed by atoms with Crippen molar-refractivity contribution in [3.63, 3.8) is 0 Å². The summed E-state index contributed by atoms with van der Waals surface area (Å²) in [4.78, 5) is 0.